The summed E-state index contributed by atoms with van der Waals surface area (Å²) in [6.45, 7) is 8.94. The predicted octanol–water partition coefficient (Wildman–Crippen LogP) is 5.50. The minimum atomic E-state index is -4.66. The second-order valence-electron chi connectivity index (χ2n) is 8.47. The molecule has 0 N–H and O–H groups in total. The molecule has 0 saturated heterocycles. The summed E-state index contributed by atoms with van der Waals surface area (Å²) in [6.07, 6.45) is -4.23. The Morgan fingerprint density at radius 2 is 1.62 bits per heavy atom. The lowest BCUT2D eigenvalue weighted by Crippen LogP contribution is -2.34. The number of nitrogens with zero attached hydrogens (tertiary/aromatic N) is 1. The number of carbonyl (C=O) groups is 1. The van der Waals surface area contributed by atoms with Gasteiger partial charge < -0.3 is 9.08 Å². The van der Waals surface area contributed by atoms with Crippen LogP contribution in [0.4, 0.5) is 13.2 Å². The summed E-state index contributed by atoms with van der Waals surface area (Å²) in [4.78, 5) is 13.7. The molecular formula is C23H28F3NO4S. The average Bonchev–Trinajstić information content (AvgIpc) is 2.67. The van der Waals surface area contributed by atoms with Crippen molar-refractivity contribution in [1.82, 2.24) is 4.90 Å². The molecule has 0 atom stereocenters. The molecule has 0 radical (unpaired) electrons. The van der Waals surface area contributed by atoms with E-state index in [4.69, 9.17) is 4.18 Å². The molecule has 0 saturated carbocycles. The lowest BCUT2D eigenvalue weighted by molar-refractivity contribution is -0.137. The molecular weight excluding hydrogens is 443 g/mol. The van der Waals surface area contributed by atoms with Gasteiger partial charge >= 0.3 is 16.3 Å². The summed E-state index contributed by atoms with van der Waals surface area (Å²) in [7, 11) is -4.44. The molecule has 2 aromatic rings. The first-order valence-electron chi connectivity index (χ1n) is 10.3. The fourth-order valence-electron chi connectivity index (χ4n) is 3.05. The van der Waals surface area contributed by atoms with Gasteiger partial charge in [-0.2, -0.15) is 21.6 Å². The van der Waals surface area contributed by atoms with Crippen LogP contribution in [0.1, 0.15) is 45.2 Å². The van der Waals surface area contributed by atoms with E-state index in [1.807, 2.05) is 27.7 Å². The van der Waals surface area contributed by atoms with Gasteiger partial charge in [0.2, 0.25) is 5.91 Å². The molecule has 0 spiro atoms. The normalized spacial score (nSPS) is 12.3. The van der Waals surface area contributed by atoms with Gasteiger partial charge in [0, 0.05) is 19.5 Å². The third-order valence-corrected chi connectivity index (χ3v) is 5.72. The van der Waals surface area contributed by atoms with Crippen molar-refractivity contribution < 1.29 is 30.6 Å². The van der Waals surface area contributed by atoms with Crippen LogP contribution in [0, 0.1) is 11.8 Å². The number of benzene rings is 2. The third-order valence-electron chi connectivity index (χ3n) is 4.47. The van der Waals surface area contributed by atoms with Crippen molar-refractivity contribution in [1.29, 1.82) is 0 Å². The Morgan fingerprint density at radius 1 is 1.00 bits per heavy atom. The van der Waals surface area contributed by atoms with Gasteiger partial charge in [0.25, 0.3) is 0 Å². The Labute approximate surface area is 187 Å². The zero-order chi connectivity index (χ0) is 24.1. The Morgan fingerprint density at radius 3 is 2.16 bits per heavy atom. The fraction of sp³-hybridized carbons (Fsp3) is 0.435. The SMILES string of the molecule is CC(C)CC(=O)N(Cc1ccc(OS(=O)(=O)c2cccc(C(F)(F)F)c2)cc1)CC(C)C. The highest BCUT2D eigenvalue weighted by Crippen LogP contribution is 2.31. The van der Waals surface area contributed by atoms with Crippen LogP contribution in [0.3, 0.4) is 0 Å². The first-order chi connectivity index (χ1) is 14.8. The number of hydrogen-bond donors (Lipinski definition) is 0. The number of amides is 1. The monoisotopic (exact) mass is 471 g/mol. The Kier molecular flexibility index (Phi) is 8.34. The number of rotatable bonds is 9. The van der Waals surface area contributed by atoms with Gasteiger partial charge in [-0.1, -0.05) is 45.9 Å². The van der Waals surface area contributed by atoms with E-state index in [1.165, 1.54) is 12.1 Å². The van der Waals surface area contributed by atoms with Crippen LogP contribution in [0.5, 0.6) is 5.75 Å². The Hall–Kier alpha value is -2.55. The molecule has 0 aliphatic heterocycles. The standard InChI is InChI=1S/C23H28F3NO4S/c1-16(2)12-22(28)27(14-17(3)4)15-18-8-10-20(11-9-18)31-32(29,30)21-7-5-6-19(13-21)23(24,25)26/h5-11,13,16-17H,12,14-15H2,1-4H3. The maximum absolute atomic E-state index is 12.9. The van der Waals surface area contributed by atoms with Crippen molar-refractivity contribution in [2.45, 2.75) is 51.7 Å². The van der Waals surface area contributed by atoms with E-state index in [1.54, 1.807) is 17.0 Å². The minimum absolute atomic E-state index is 0.0323. The van der Waals surface area contributed by atoms with Gasteiger partial charge in [-0.25, -0.2) is 0 Å². The van der Waals surface area contributed by atoms with Crippen LogP contribution in [-0.4, -0.2) is 25.8 Å². The maximum Gasteiger partial charge on any atom is 0.416 e. The van der Waals surface area contributed by atoms with Crippen LogP contribution >= 0.6 is 0 Å². The van der Waals surface area contributed by atoms with Gasteiger partial charge in [-0.3, -0.25) is 4.79 Å². The molecule has 176 valence electrons. The lowest BCUT2D eigenvalue weighted by Gasteiger charge is -2.25. The molecule has 0 unspecified atom stereocenters. The Balaban J connectivity index is 2.15. The number of hydrogen-bond acceptors (Lipinski definition) is 4. The fourth-order valence-corrected chi connectivity index (χ4v) is 4.02. The Bertz CT molecular complexity index is 1020. The van der Waals surface area contributed by atoms with Crippen molar-refractivity contribution in [2.75, 3.05) is 6.54 Å². The summed E-state index contributed by atoms with van der Waals surface area (Å²) < 4.78 is 68.5. The van der Waals surface area contributed by atoms with Crippen molar-refractivity contribution >= 4 is 16.0 Å². The number of carbonyl (C=O) groups excluding carboxylic acids is 1. The quantitative estimate of drug-likeness (QED) is 0.453. The van der Waals surface area contributed by atoms with Crippen LogP contribution < -0.4 is 4.18 Å². The van der Waals surface area contributed by atoms with Crippen molar-refractivity contribution in [2.24, 2.45) is 11.8 Å². The first kappa shape index (κ1) is 25.7. The van der Waals surface area contributed by atoms with Gasteiger partial charge in [0.1, 0.15) is 10.6 Å². The van der Waals surface area contributed by atoms with E-state index in [9.17, 15) is 26.4 Å². The van der Waals surface area contributed by atoms with E-state index < -0.39 is 26.8 Å². The van der Waals surface area contributed by atoms with Gasteiger partial charge in [0.15, 0.2) is 0 Å². The zero-order valence-electron chi connectivity index (χ0n) is 18.5. The summed E-state index contributed by atoms with van der Waals surface area (Å²) in [6, 6.07) is 9.48. The third kappa shape index (κ3) is 7.55. The number of alkyl halides is 3. The molecule has 0 aliphatic carbocycles. The molecule has 32 heavy (non-hydrogen) atoms. The van der Waals surface area contributed by atoms with E-state index in [-0.39, 0.29) is 23.5 Å². The van der Waals surface area contributed by atoms with E-state index in [0.717, 1.165) is 23.8 Å². The van der Waals surface area contributed by atoms with Crippen molar-refractivity contribution in [3.63, 3.8) is 0 Å². The summed E-state index contributed by atoms with van der Waals surface area (Å²) >= 11 is 0. The van der Waals surface area contributed by atoms with Crippen molar-refractivity contribution in [3.05, 3.63) is 59.7 Å². The molecule has 0 bridgehead atoms. The smallest absolute Gasteiger partial charge is 0.379 e. The van der Waals surface area contributed by atoms with Gasteiger partial charge in [-0.15, -0.1) is 0 Å². The van der Waals surface area contributed by atoms with E-state index >= 15 is 0 Å². The molecule has 0 fully saturated rings. The van der Waals surface area contributed by atoms with Gasteiger partial charge in [-0.05, 0) is 47.7 Å². The van der Waals surface area contributed by atoms with E-state index in [2.05, 4.69) is 0 Å². The summed E-state index contributed by atoms with van der Waals surface area (Å²) in [5, 5.41) is 0. The van der Waals surface area contributed by atoms with Crippen LogP contribution in [0.25, 0.3) is 0 Å². The highest BCUT2D eigenvalue weighted by Gasteiger charge is 2.32. The molecule has 0 heterocycles. The van der Waals surface area contributed by atoms with Crippen LogP contribution in [-0.2, 0) is 27.6 Å². The first-order valence-corrected chi connectivity index (χ1v) is 11.7. The van der Waals surface area contributed by atoms with Crippen LogP contribution in [0.15, 0.2) is 53.4 Å². The second-order valence-corrected chi connectivity index (χ2v) is 10.0. The highest BCUT2D eigenvalue weighted by atomic mass is 32.2. The molecule has 1 amide bonds. The lowest BCUT2D eigenvalue weighted by atomic mass is 10.1. The number of halogens is 3. The zero-order valence-corrected chi connectivity index (χ0v) is 19.3. The highest BCUT2D eigenvalue weighted by molar-refractivity contribution is 7.87. The van der Waals surface area contributed by atoms with E-state index in [0.29, 0.717) is 25.6 Å². The molecule has 9 heteroatoms. The topological polar surface area (TPSA) is 63.7 Å². The predicted molar refractivity (Wildman–Crippen MR) is 115 cm³/mol. The van der Waals surface area contributed by atoms with Crippen molar-refractivity contribution in [3.8, 4) is 5.75 Å². The molecule has 5 nitrogen and oxygen atoms in total. The maximum atomic E-state index is 12.9. The summed E-state index contributed by atoms with van der Waals surface area (Å²) in [5.74, 6) is 0.525. The van der Waals surface area contributed by atoms with Crippen LogP contribution in [0.2, 0.25) is 0 Å². The molecule has 2 aromatic carbocycles. The molecule has 0 aromatic heterocycles. The molecule has 2 rings (SSSR count). The van der Waals surface area contributed by atoms with Gasteiger partial charge in [0.05, 0.1) is 5.56 Å². The summed E-state index contributed by atoms with van der Waals surface area (Å²) in [5.41, 5.74) is -0.291. The second kappa shape index (κ2) is 10.4. The minimum Gasteiger partial charge on any atom is -0.379 e. The largest absolute Gasteiger partial charge is 0.416 e. The average molecular weight is 472 g/mol. The molecule has 0 aliphatic rings.